The Morgan fingerprint density at radius 1 is 1.38 bits per heavy atom. The normalized spacial score (nSPS) is 27.7. The fourth-order valence-electron chi connectivity index (χ4n) is 2.25. The minimum Gasteiger partial charge on any atom is -0.494 e. The molecule has 0 bridgehead atoms. The van der Waals surface area contributed by atoms with Gasteiger partial charge in [0.15, 0.2) is 0 Å². The molecule has 2 nitrogen and oxygen atoms in total. The van der Waals surface area contributed by atoms with E-state index in [4.69, 9.17) is 3.79 Å². The highest BCUT2D eigenvalue weighted by atomic mass is 27.2. The van der Waals surface area contributed by atoms with Crippen LogP contribution in [0.3, 0.4) is 0 Å². The topological polar surface area (TPSA) is 29.5 Å². The Bertz CT molecular complexity index is 157. The van der Waals surface area contributed by atoms with Crippen molar-refractivity contribution in [3.8, 4) is 0 Å². The van der Waals surface area contributed by atoms with E-state index in [1.165, 1.54) is 5.28 Å². The van der Waals surface area contributed by atoms with E-state index < -0.39 is 14.5 Å². The summed E-state index contributed by atoms with van der Waals surface area (Å²) < 4.78 is 6.12. The molecule has 13 heavy (non-hydrogen) atoms. The summed E-state index contributed by atoms with van der Waals surface area (Å²) in [4.78, 5) is 0. The van der Waals surface area contributed by atoms with Crippen LogP contribution in [-0.4, -0.2) is 31.3 Å². The van der Waals surface area contributed by atoms with Crippen molar-refractivity contribution in [3.63, 3.8) is 0 Å². The lowest BCUT2D eigenvalue weighted by molar-refractivity contribution is -0.0772. The van der Waals surface area contributed by atoms with Crippen LogP contribution in [-0.2, 0) is 3.79 Å². The lowest BCUT2D eigenvalue weighted by Crippen LogP contribution is -2.51. The Hall–Kier alpha value is 0.452. The van der Waals surface area contributed by atoms with Gasteiger partial charge in [0, 0.05) is 0 Å². The molecular weight excluding hydrogens is 179 g/mol. The zero-order chi connectivity index (χ0) is 9.90. The van der Waals surface area contributed by atoms with Crippen LogP contribution < -0.4 is 0 Å². The molecule has 1 atom stereocenters. The highest BCUT2D eigenvalue weighted by molar-refractivity contribution is 6.52. The zero-order valence-corrected chi connectivity index (χ0v) is 10.2. The molecule has 1 unspecified atom stereocenters. The summed E-state index contributed by atoms with van der Waals surface area (Å²) in [6.07, 6.45) is 2.65. The minimum atomic E-state index is -0.964. The average molecular weight is 200 g/mol. The fourth-order valence-corrected chi connectivity index (χ4v) is 4.79. The summed E-state index contributed by atoms with van der Waals surface area (Å²) >= 11 is -0.964. The van der Waals surface area contributed by atoms with Crippen LogP contribution in [0.4, 0.5) is 0 Å². The summed E-state index contributed by atoms with van der Waals surface area (Å²) in [5, 5.41) is 12.3. The van der Waals surface area contributed by atoms with E-state index in [1.54, 1.807) is 0 Å². The van der Waals surface area contributed by atoms with Gasteiger partial charge in [-0.15, -0.1) is 0 Å². The molecule has 0 aromatic rings. The third kappa shape index (κ3) is 2.28. The highest BCUT2D eigenvalue weighted by Crippen LogP contribution is 2.34. The van der Waals surface area contributed by atoms with Crippen LogP contribution >= 0.6 is 0 Å². The Kier molecular flexibility index (Phi) is 4.25. The molecule has 0 aliphatic carbocycles. The van der Waals surface area contributed by atoms with Crippen LogP contribution in [0, 0.1) is 0 Å². The summed E-state index contributed by atoms with van der Waals surface area (Å²) in [5.74, 6) is 0. The Morgan fingerprint density at radius 3 is 2.46 bits per heavy atom. The molecule has 0 amide bonds. The predicted octanol–water partition coefficient (Wildman–Crippen LogP) is 2.34. The molecule has 1 rings (SSSR count). The Morgan fingerprint density at radius 2 is 2.00 bits per heavy atom. The second-order valence-corrected chi connectivity index (χ2v) is 6.89. The standard InChI is InChI=1S/C8H16O2.C2H5.Al/c1-4-7(9)8(10,5-2)6-3;1-2;/h7,9H,1,4-6H2,2-3H3;1H2,2H3;/q-1;;+1. The number of rotatable bonds is 3. The van der Waals surface area contributed by atoms with Gasteiger partial charge in [-0.2, -0.15) is 0 Å². The number of hydrogen-bond donors (Lipinski definition) is 1. The Balaban J connectivity index is 2.67. The first-order chi connectivity index (χ1) is 6.18. The summed E-state index contributed by atoms with van der Waals surface area (Å²) in [6.45, 7) is 6.46. The van der Waals surface area contributed by atoms with E-state index in [1.807, 2.05) is 0 Å². The fraction of sp³-hybridized carbons (Fsp3) is 1.00. The Labute approximate surface area is 86.0 Å². The third-order valence-electron chi connectivity index (χ3n) is 3.42. The largest absolute Gasteiger partial charge is 0.494 e. The average Bonchev–Trinajstić information content (AvgIpc) is 2.19. The van der Waals surface area contributed by atoms with Gasteiger partial charge in [0.25, 0.3) is 0 Å². The molecule has 1 aliphatic heterocycles. The van der Waals surface area contributed by atoms with Gasteiger partial charge in [-0.05, 0) is 19.3 Å². The van der Waals surface area contributed by atoms with E-state index in [0.29, 0.717) is 0 Å². The lowest BCUT2D eigenvalue weighted by atomic mass is 9.89. The molecule has 1 heterocycles. The van der Waals surface area contributed by atoms with Crippen molar-refractivity contribution in [2.45, 2.75) is 62.3 Å². The molecule has 1 aliphatic rings. The second kappa shape index (κ2) is 4.80. The lowest BCUT2D eigenvalue weighted by Gasteiger charge is -2.44. The van der Waals surface area contributed by atoms with Crippen LogP contribution in [0.15, 0.2) is 0 Å². The van der Waals surface area contributed by atoms with Crippen molar-refractivity contribution < 1.29 is 8.90 Å². The summed E-state index contributed by atoms with van der Waals surface area (Å²) in [7, 11) is 0. The van der Waals surface area contributed by atoms with Crippen molar-refractivity contribution >= 4 is 14.5 Å². The van der Waals surface area contributed by atoms with E-state index >= 15 is 0 Å². The molecule has 0 saturated carbocycles. The smallest absolute Gasteiger partial charge is 0.461 e. The van der Waals surface area contributed by atoms with E-state index in [9.17, 15) is 5.11 Å². The van der Waals surface area contributed by atoms with Gasteiger partial charge in [-0.25, -0.2) is 0 Å². The van der Waals surface area contributed by atoms with Crippen LogP contribution in [0.25, 0.3) is 0 Å². The van der Waals surface area contributed by atoms with Crippen molar-refractivity contribution in [1.29, 1.82) is 0 Å². The van der Waals surface area contributed by atoms with Gasteiger partial charge in [0.1, 0.15) is 0 Å². The maximum absolute atomic E-state index is 9.93. The van der Waals surface area contributed by atoms with Gasteiger partial charge in [-0.3, -0.25) is 0 Å². The van der Waals surface area contributed by atoms with E-state index in [0.717, 1.165) is 24.5 Å². The molecule has 0 radical (unpaired) electrons. The molecule has 1 fully saturated rings. The van der Waals surface area contributed by atoms with E-state index in [2.05, 4.69) is 20.8 Å². The first-order valence-electron chi connectivity index (χ1n) is 5.54. The molecule has 1 saturated heterocycles. The quantitative estimate of drug-likeness (QED) is 0.708. The van der Waals surface area contributed by atoms with Crippen molar-refractivity contribution in [2.24, 2.45) is 0 Å². The number of aliphatic hydroxyl groups excluding tert-OH is 1. The highest BCUT2D eigenvalue weighted by Gasteiger charge is 2.42. The maximum atomic E-state index is 9.93. The second-order valence-electron chi connectivity index (χ2n) is 4.01. The zero-order valence-electron chi connectivity index (χ0n) is 9.05. The molecule has 0 aromatic heterocycles. The molecule has 1 N–H and O–H groups in total. The van der Waals surface area contributed by atoms with Crippen LogP contribution in [0.1, 0.15) is 40.0 Å². The van der Waals surface area contributed by atoms with E-state index in [-0.39, 0.29) is 11.7 Å². The van der Waals surface area contributed by atoms with Crippen LogP contribution in [0.5, 0.6) is 0 Å². The minimum absolute atomic E-state index is 0.189. The SMILES string of the molecule is C[CH2][Al]1[CH2]CC(O)C(CC)(CC)[O]1. The van der Waals surface area contributed by atoms with Crippen molar-refractivity contribution in [1.82, 2.24) is 0 Å². The van der Waals surface area contributed by atoms with Crippen molar-refractivity contribution in [2.75, 3.05) is 0 Å². The molecular formula is C10H21AlO2. The van der Waals surface area contributed by atoms with Gasteiger partial charge < -0.3 is 8.90 Å². The summed E-state index contributed by atoms with van der Waals surface area (Å²) in [6, 6.07) is 0. The van der Waals surface area contributed by atoms with Crippen LogP contribution in [0.2, 0.25) is 10.6 Å². The molecule has 0 spiro atoms. The number of aliphatic hydroxyl groups is 1. The maximum Gasteiger partial charge on any atom is 0.461 e. The van der Waals surface area contributed by atoms with Gasteiger partial charge >= 0.3 is 14.5 Å². The monoisotopic (exact) mass is 200 g/mol. The third-order valence-corrected chi connectivity index (χ3v) is 6.11. The first kappa shape index (κ1) is 11.5. The van der Waals surface area contributed by atoms with Gasteiger partial charge in [-0.1, -0.05) is 31.3 Å². The predicted molar refractivity (Wildman–Crippen MR) is 56.1 cm³/mol. The molecule has 3 heteroatoms. The van der Waals surface area contributed by atoms with Gasteiger partial charge in [0.05, 0.1) is 11.7 Å². The number of hydrogen-bond acceptors (Lipinski definition) is 2. The molecule has 0 aromatic carbocycles. The first-order valence-corrected chi connectivity index (χ1v) is 7.64. The van der Waals surface area contributed by atoms with Crippen molar-refractivity contribution in [3.05, 3.63) is 0 Å². The van der Waals surface area contributed by atoms with Gasteiger partial charge in [0.2, 0.25) is 0 Å². The molecule has 76 valence electrons. The summed E-state index contributed by atoms with van der Waals surface area (Å²) in [5.41, 5.74) is -0.189.